The van der Waals surface area contributed by atoms with Gasteiger partial charge in [0.15, 0.2) is 5.50 Å². The van der Waals surface area contributed by atoms with E-state index in [0.717, 1.165) is 6.07 Å². The fourth-order valence-corrected chi connectivity index (χ4v) is 3.16. The molecule has 10 heteroatoms. The molecular formula is C16H17FN4O4S. The van der Waals surface area contributed by atoms with Crippen molar-refractivity contribution in [3.05, 3.63) is 41.2 Å². The fourth-order valence-electron chi connectivity index (χ4n) is 2.51. The van der Waals surface area contributed by atoms with Gasteiger partial charge in [-0.3, -0.25) is 14.5 Å². The molecule has 1 aromatic carbocycles. The first-order valence-electron chi connectivity index (χ1n) is 7.83. The zero-order valence-electron chi connectivity index (χ0n) is 13.8. The van der Waals surface area contributed by atoms with Crippen LogP contribution < -0.4 is 20.9 Å². The highest BCUT2D eigenvalue weighted by Gasteiger charge is 2.33. The van der Waals surface area contributed by atoms with Gasteiger partial charge in [-0.15, -0.1) is 0 Å². The number of nitrogens with zero attached hydrogens (tertiary/aromatic N) is 1. The molecule has 2 aliphatic heterocycles. The first kappa shape index (κ1) is 18.1. The van der Waals surface area contributed by atoms with Crippen LogP contribution in [-0.2, 0) is 9.53 Å². The highest BCUT2D eigenvalue weighted by atomic mass is 32.2. The number of carbonyl (C=O) groups is 3. The normalized spacial score (nSPS) is 21.3. The average Bonchev–Trinajstić information content (AvgIpc) is 3.22. The van der Waals surface area contributed by atoms with Gasteiger partial charge in [0, 0.05) is 13.1 Å². The second-order valence-electron chi connectivity index (χ2n) is 5.68. The molecule has 1 fully saturated rings. The van der Waals surface area contributed by atoms with Crippen LogP contribution >= 0.6 is 11.8 Å². The highest BCUT2D eigenvalue weighted by Crippen LogP contribution is 2.24. The van der Waals surface area contributed by atoms with Gasteiger partial charge in [0.25, 0.3) is 5.91 Å². The summed E-state index contributed by atoms with van der Waals surface area (Å²) < 4.78 is 19.5. The van der Waals surface area contributed by atoms with E-state index in [0.29, 0.717) is 0 Å². The third-order valence-electron chi connectivity index (χ3n) is 3.75. The zero-order chi connectivity index (χ0) is 18.7. The van der Waals surface area contributed by atoms with Crippen molar-refractivity contribution in [2.75, 3.05) is 18.0 Å². The van der Waals surface area contributed by atoms with Crippen LogP contribution in [0.1, 0.15) is 17.3 Å². The lowest BCUT2D eigenvalue weighted by Gasteiger charge is -2.16. The number of benzene rings is 1. The molecule has 0 radical (unpaired) electrons. The van der Waals surface area contributed by atoms with Crippen LogP contribution in [0.3, 0.4) is 0 Å². The van der Waals surface area contributed by atoms with Crippen LogP contribution in [0, 0.1) is 5.82 Å². The number of thioether (sulfide) groups is 1. The van der Waals surface area contributed by atoms with Crippen LogP contribution in [0.4, 0.5) is 14.9 Å². The SMILES string of the molecule is CC(=O)NCC1CN(c2ccc(C(=O)NC3NC=CS3)c(F)c2)C(=O)O1. The molecule has 3 N–H and O–H groups in total. The molecule has 0 aromatic heterocycles. The van der Waals surface area contributed by atoms with Crippen LogP contribution in [0.25, 0.3) is 0 Å². The molecule has 0 saturated carbocycles. The Kier molecular flexibility index (Phi) is 5.31. The van der Waals surface area contributed by atoms with E-state index in [-0.39, 0.29) is 35.7 Å². The molecule has 1 saturated heterocycles. The number of halogens is 1. The number of amides is 3. The van der Waals surface area contributed by atoms with E-state index in [1.54, 1.807) is 11.6 Å². The van der Waals surface area contributed by atoms with E-state index in [1.165, 1.54) is 35.7 Å². The Morgan fingerprint density at radius 1 is 1.46 bits per heavy atom. The molecule has 8 nitrogen and oxygen atoms in total. The average molecular weight is 380 g/mol. The third kappa shape index (κ3) is 4.07. The summed E-state index contributed by atoms with van der Waals surface area (Å²) in [6.45, 7) is 1.72. The van der Waals surface area contributed by atoms with Crippen LogP contribution in [0.5, 0.6) is 0 Å². The van der Waals surface area contributed by atoms with Crippen molar-refractivity contribution in [3.8, 4) is 0 Å². The van der Waals surface area contributed by atoms with Gasteiger partial charge in [-0.1, -0.05) is 11.8 Å². The molecule has 3 rings (SSSR count). The second-order valence-corrected chi connectivity index (χ2v) is 6.69. The Balaban J connectivity index is 1.66. The summed E-state index contributed by atoms with van der Waals surface area (Å²) in [7, 11) is 0. The van der Waals surface area contributed by atoms with E-state index in [2.05, 4.69) is 16.0 Å². The smallest absolute Gasteiger partial charge is 0.414 e. The Labute approximate surface area is 153 Å². The Morgan fingerprint density at radius 2 is 2.27 bits per heavy atom. The third-order valence-corrected chi connectivity index (χ3v) is 4.57. The molecule has 2 aliphatic rings. The monoisotopic (exact) mass is 380 g/mol. The maximum atomic E-state index is 14.4. The number of hydrogen-bond donors (Lipinski definition) is 3. The molecule has 0 spiro atoms. The van der Waals surface area contributed by atoms with Crippen molar-refractivity contribution in [1.82, 2.24) is 16.0 Å². The lowest BCUT2D eigenvalue weighted by atomic mass is 10.1. The molecule has 0 aliphatic carbocycles. The number of hydrogen-bond acceptors (Lipinski definition) is 6. The maximum Gasteiger partial charge on any atom is 0.414 e. The van der Waals surface area contributed by atoms with E-state index < -0.39 is 23.9 Å². The second kappa shape index (κ2) is 7.65. The van der Waals surface area contributed by atoms with Gasteiger partial charge in [-0.2, -0.15) is 0 Å². The maximum absolute atomic E-state index is 14.4. The minimum atomic E-state index is -0.742. The Bertz CT molecular complexity index is 765. The van der Waals surface area contributed by atoms with Crippen molar-refractivity contribution < 1.29 is 23.5 Å². The van der Waals surface area contributed by atoms with E-state index in [4.69, 9.17) is 4.74 Å². The standard InChI is InChI=1S/C16H17FN4O4S/c1-9(22)19-7-11-8-21(16(24)25-11)10-2-3-12(13(17)6-10)14(23)20-15-18-4-5-26-15/h2-6,11,15,18H,7-8H2,1H3,(H,19,22)(H,20,23). The lowest BCUT2D eigenvalue weighted by Crippen LogP contribution is -2.39. The fraction of sp³-hybridized carbons (Fsp3) is 0.312. The van der Waals surface area contributed by atoms with Crippen LogP contribution in [-0.4, -0.2) is 42.6 Å². The minimum absolute atomic E-state index is 0.120. The number of nitrogens with one attached hydrogen (secondary N) is 3. The minimum Gasteiger partial charge on any atom is -0.442 e. The first-order chi connectivity index (χ1) is 12.4. The van der Waals surface area contributed by atoms with E-state index >= 15 is 0 Å². The predicted octanol–water partition coefficient (Wildman–Crippen LogP) is 1.11. The van der Waals surface area contributed by atoms with Gasteiger partial charge < -0.3 is 20.7 Å². The summed E-state index contributed by atoms with van der Waals surface area (Å²) in [5, 5.41) is 9.87. The van der Waals surface area contributed by atoms with Crippen LogP contribution in [0.15, 0.2) is 29.8 Å². The van der Waals surface area contributed by atoms with Crippen molar-refractivity contribution in [3.63, 3.8) is 0 Å². The largest absolute Gasteiger partial charge is 0.442 e. The zero-order valence-corrected chi connectivity index (χ0v) is 14.6. The number of rotatable bonds is 5. The van der Waals surface area contributed by atoms with E-state index in [1.807, 2.05) is 0 Å². The highest BCUT2D eigenvalue weighted by molar-refractivity contribution is 8.02. The lowest BCUT2D eigenvalue weighted by molar-refractivity contribution is -0.119. The quantitative estimate of drug-likeness (QED) is 0.708. The molecule has 3 amide bonds. The van der Waals surface area contributed by atoms with Gasteiger partial charge in [0.2, 0.25) is 5.91 Å². The van der Waals surface area contributed by atoms with Gasteiger partial charge in [0.05, 0.1) is 24.3 Å². The van der Waals surface area contributed by atoms with Gasteiger partial charge >= 0.3 is 6.09 Å². The summed E-state index contributed by atoms with van der Waals surface area (Å²) >= 11 is 1.36. The summed E-state index contributed by atoms with van der Waals surface area (Å²) in [5.74, 6) is -1.53. The molecule has 1 aromatic rings. The van der Waals surface area contributed by atoms with Gasteiger partial charge in [-0.05, 0) is 23.6 Å². The van der Waals surface area contributed by atoms with Crippen molar-refractivity contribution in [1.29, 1.82) is 0 Å². The Morgan fingerprint density at radius 3 is 2.92 bits per heavy atom. The molecule has 138 valence electrons. The van der Waals surface area contributed by atoms with Crippen LogP contribution in [0.2, 0.25) is 0 Å². The molecule has 0 bridgehead atoms. The summed E-state index contributed by atoms with van der Waals surface area (Å²) in [6.07, 6.45) is 0.538. The number of anilines is 1. The molecule has 2 heterocycles. The topological polar surface area (TPSA) is 99.8 Å². The molecule has 26 heavy (non-hydrogen) atoms. The Hall–Kier alpha value is -2.75. The first-order valence-corrected chi connectivity index (χ1v) is 8.78. The van der Waals surface area contributed by atoms with Gasteiger partial charge in [0.1, 0.15) is 11.9 Å². The molecule has 2 unspecified atom stereocenters. The van der Waals surface area contributed by atoms with Crippen molar-refractivity contribution >= 4 is 35.4 Å². The van der Waals surface area contributed by atoms with Gasteiger partial charge in [-0.25, -0.2) is 9.18 Å². The number of carbonyl (C=O) groups excluding carboxylic acids is 3. The molecule has 2 atom stereocenters. The predicted molar refractivity (Wildman–Crippen MR) is 93.8 cm³/mol. The van der Waals surface area contributed by atoms with Crippen molar-refractivity contribution in [2.45, 2.75) is 18.5 Å². The summed E-state index contributed by atoms with van der Waals surface area (Å²) in [4.78, 5) is 36.3. The number of ether oxygens (including phenoxy) is 1. The number of cyclic esters (lactones) is 1. The van der Waals surface area contributed by atoms with E-state index in [9.17, 15) is 18.8 Å². The summed E-state index contributed by atoms with van der Waals surface area (Å²) in [6, 6.07) is 3.92. The molecular weight excluding hydrogens is 363 g/mol. The van der Waals surface area contributed by atoms with Crippen molar-refractivity contribution in [2.24, 2.45) is 0 Å². The summed E-state index contributed by atoms with van der Waals surface area (Å²) in [5.41, 5.74) is -0.181.